The first-order chi connectivity index (χ1) is 17.7. The second-order valence-electron chi connectivity index (χ2n) is 13.9. The average Bonchev–Trinajstić information content (AvgIpc) is 3.02. The van der Waals surface area contributed by atoms with E-state index in [1.165, 1.54) is 6.42 Å². The fraction of sp³-hybridized carbons (Fsp3) is 0.806. The number of allylic oxidation sites excluding steroid dienone is 1. The highest BCUT2D eigenvalue weighted by Gasteiger charge is 2.74. The first-order valence-electron chi connectivity index (χ1n) is 14.6. The number of carbonyl (C=O) groups is 2. The van der Waals surface area contributed by atoms with Gasteiger partial charge in [-0.15, -0.1) is 0 Å². The SMILES string of the molecule is CC1=CC23C(=O)[C@@H](C=C4COC(C)(C)O[C@H]4[C@]2(O)[C@H]1OC(=O)N(C)C1CCCCC1)C(C)(C)[C@@H](C)CC3C. The van der Waals surface area contributed by atoms with Crippen LogP contribution in [0.15, 0.2) is 23.3 Å². The largest absolute Gasteiger partial charge is 0.438 e. The van der Waals surface area contributed by atoms with Gasteiger partial charge in [-0.25, -0.2) is 4.79 Å². The van der Waals surface area contributed by atoms with Gasteiger partial charge in [-0.2, -0.15) is 0 Å². The molecule has 3 fully saturated rings. The van der Waals surface area contributed by atoms with Crippen LogP contribution in [0.5, 0.6) is 0 Å². The highest BCUT2D eigenvalue weighted by molar-refractivity contribution is 5.95. The number of hydrogen-bond donors (Lipinski definition) is 1. The number of aliphatic hydroxyl groups is 1. The molecule has 2 unspecified atom stereocenters. The molecule has 4 aliphatic carbocycles. The van der Waals surface area contributed by atoms with Crippen molar-refractivity contribution in [3.63, 3.8) is 0 Å². The molecule has 7 nitrogen and oxygen atoms in total. The quantitative estimate of drug-likeness (QED) is 0.482. The predicted molar refractivity (Wildman–Crippen MR) is 144 cm³/mol. The molecule has 7 heteroatoms. The molecule has 38 heavy (non-hydrogen) atoms. The van der Waals surface area contributed by atoms with Crippen LogP contribution < -0.4 is 0 Å². The van der Waals surface area contributed by atoms with Crippen LogP contribution >= 0.6 is 0 Å². The third-order valence-corrected chi connectivity index (χ3v) is 10.9. The fourth-order valence-electron chi connectivity index (χ4n) is 8.16. The number of nitrogens with zero attached hydrogens (tertiary/aromatic N) is 1. The van der Waals surface area contributed by atoms with Gasteiger partial charge in [-0.05, 0) is 68.4 Å². The normalized spacial score (nSPS) is 42.1. The minimum Gasteiger partial charge on any atom is -0.438 e. The topological polar surface area (TPSA) is 85.3 Å². The van der Waals surface area contributed by atoms with Gasteiger partial charge in [0.2, 0.25) is 0 Å². The molecule has 1 aliphatic heterocycles. The number of ketones is 1. The van der Waals surface area contributed by atoms with Gasteiger partial charge in [0.15, 0.2) is 23.3 Å². The second-order valence-corrected chi connectivity index (χ2v) is 13.9. The Morgan fingerprint density at radius 2 is 1.76 bits per heavy atom. The fourth-order valence-corrected chi connectivity index (χ4v) is 8.16. The van der Waals surface area contributed by atoms with Crippen molar-refractivity contribution in [3.05, 3.63) is 23.3 Å². The maximum atomic E-state index is 14.8. The van der Waals surface area contributed by atoms with E-state index in [2.05, 4.69) is 27.7 Å². The lowest BCUT2D eigenvalue weighted by Crippen LogP contribution is -2.68. The molecule has 0 radical (unpaired) electrons. The van der Waals surface area contributed by atoms with Gasteiger partial charge >= 0.3 is 6.09 Å². The number of rotatable bonds is 2. The summed E-state index contributed by atoms with van der Waals surface area (Å²) >= 11 is 0. The van der Waals surface area contributed by atoms with Crippen LogP contribution in [0.3, 0.4) is 0 Å². The molecule has 0 aromatic heterocycles. The second kappa shape index (κ2) is 9.17. The van der Waals surface area contributed by atoms with Crippen molar-refractivity contribution in [1.29, 1.82) is 0 Å². The van der Waals surface area contributed by atoms with E-state index in [1.54, 1.807) is 11.9 Å². The van der Waals surface area contributed by atoms with Gasteiger partial charge in [0, 0.05) is 19.0 Å². The van der Waals surface area contributed by atoms with Gasteiger partial charge in [-0.3, -0.25) is 4.79 Å². The smallest absolute Gasteiger partial charge is 0.410 e. The van der Waals surface area contributed by atoms with E-state index in [0.717, 1.165) is 37.7 Å². The summed E-state index contributed by atoms with van der Waals surface area (Å²) in [6.45, 7) is 14.3. The zero-order chi connectivity index (χ0) is 27.8. The highest BCUT2D eigenvalue weighted by Crippen LogP contribution is 2.63. The zero-order valence-corrected chi connectivity index (χ0v) is 24.5. The van der Waals surface area contributed by atoms with Gasteiger partial charge in [0.25, 0.3) is 0 Å². The Bertz CT molecular complexity index is 1050. The van der Waals surface area contributed by atoms with Crippen molar-refractivity contribution in [2.75, 3.05) is 13.7 Å². The summed E-state index contributed by atoms with van der Waals surface area (Å²) < 4.78 is 18.8. The number of hydrogen-bond acceptors (Lipinski definition) is 6. The number of ether oxygens (including phenoxy) is 3. The number of Topliss-reactive ketones (excluding diaryl/α,β-unsaturated/α-hetero) is 1. The van der Waals surface area contributed by atoms with Gasteiger partial charge in [0.05, 0.1) is 12.0 Å². The first kappa shape index (κ1) is 27.9. The number of carbonyl (C=O) groups excluding carboxylic acids is 2. The lowest BCUT2D eigenvalue weighted by molar-refractivity contribution is -0.303. The van der Waals surface area contributed by atoms with Crippen LogP contribution in [-0.4, -0.2) is 65.2 Å². The maximum absolute atomic E-state index is 14.8. The number of amides is 1. The molecule has 5 rings (SSSR count). The molecule has 0 aromatic carbocycles. The Kier molecular flexibility index (Phi) is 6.72. The zero-order valence-electron chi connectivity index (χ0n) is 24.5. The number of fused-ring (bicyclic) bond motifs is 3. The molecule has 2 bridgehead atoms. The van der Waals surface area contributed by atoms with E-state index in [1.807, 2.05) is 32.9 Å². The van der Waals surface area contributed by atoms with Crippen molar-refractivity contribution in [3.8, 4) is 0 Å². The van der Waals surface area contributed by atoms with Crippen LogP contribution in [0.1, 0.15) is 87.0 Å². The predicted octanol–water partition coefficient (Wildman–Crippen LogP) is 5.41. The van der Waals surface area contributed by atoms with Crippen LogP contribution in [-0.2, 0) is 19.0 Å². The Morgan fingerprint density at radius 3 is 2.42 bits per heavy atom. The lowest BCUT2D eigenvalue weighted by atomic mass is 9.59. The molecule has 1 N–H and O–H groups in total. The van der Waals surface area contributed by atoms with E-state index in [9.17, 15) is 14.7 Å². The molecule has 2 saturated carbocycles. The molecular formula is C31H47NO6. The molecule has 1 saturated heterocycles. The van der Waals surface area contributed by atoms with Crippen molar-refractivity contribution >= 4 is 11.9 Å². The Balaban J connectivity index is 1.64. The summed E-state index contributed by atoms with van der Waals surface area (Å²) in [5.41, 5.74) is -1.92. The van der Waals surface area contributed by atoms with Gasteiger partial charge < -0.3 is 24.2 Å². The van der Waals surface area contributed by atoms with E-state index in [4.69, 9.17) is 14.2 Å². The standard InChI is InChI=1S/C31H47NO6/c1-18-16-30-20(3)14-19(2)28(4,5)23(24(30)33)15-21-17-36-29(6,7)38-26(21)31(30,35)25(18)37-27(34)32(8)22-12-10-9-11-13-22/h15-16,19-20,22-23,25-26,35H,9-14,17H2,1-8H3/t19-,20?,23+,25-,26+,30?,31+/m0/s1. The summed E-state index contributed by atoms with van der Waals surface area (Å²) in [7, 11) is 1.79. The third-order valence-electron chi connectivity index (χ3n) is 10.9. The summed E-state index contributed by atoms with van der Waals surface area (Å²) in [6.07, 6.45) is 7.67. The molecule has 5 aliphatic rings. The lowest BCUT2D eigenvalue weighted by Gasteiger charge is -2.52. The first-order valence-corrected chi connectivity index (χ1v) is 14.6. The van der Waals surface area contributed by atoms with E-state index in [0.29, 0.717) is 5.57 Å². The molecule has 1 spiro atoms. The Labute approximate surface area is 227 Å². The summed E-state index contributed by atoms with van der Waals surface area (Å²) in [6, 6.07) is 0.123. The average molecular weight is 530 g/mol. The third kappa shape index (κ3) is 3.86. The van der Waals surface area contributed by atoms with Crippen molar-refractivity contribution in [2.24, 2.45) is 28.6 Å². The Morgan fingerprint density at radius 1 is 1.11 bits per heavy atom. The van der Waals surface area contributed by atoms with Crippen LogP contribution in [0.4, 0.5) is 4.79 Å². The minimum atomic E-state index is -1.79. The highest BCUT2D eigenvalue weighted by atomic mass is 16.7. The van der Waals surface area contributed by atoms with Crippen LogP contribution in [0.25, 0.3) is 0 Å². The molecule has 212 valence electrons. The summed E-state index contributed by atoms with van der Waals surface area (Å²) in [5, 5.41) is 13.1. The summed E-state index contributed by atoms with van der Waals surface area (Å²) in [4.78, 5) is 30.1. The van der Waals surface area contributed by atoms with Gasteiger partial charge in [0.1, 0.15) is 6.10 Å². The summed E-state index contributed by atoms with van der Waals surface area (Å²) in [5.74, 6) is -1.35. The monoisotopic (exact) mass is 529 g/mol. The van der Waals surface area contributed by atoms with Crippen molar-refractivity contribution in [1.82, 2.24) is 4.90 Å². The van der Waals surface area contributed by atoms with Crippen LogP contribution in [0, 0.1) is 28.6 Å². The van der Waals surface area contributed by atoms with Crippen LogP contribution in [0.2, 0.25) is 0 Å². The van der Waals surface area contributed by atoms with E-state index in [-0.39, 0.29) is 35.7 Å². The Hall–Kier alpha value is -1.70. The van der Waals surface area contributed by atoms with E-state index < -0.39 is 41.0 Å². The van der Waals surface area contributed by atoms with Crippen molar-refractivity contribution < 1.29 is 28.9 Å². The molecule has 1 heterocycles. The molecule has 7 atom stereocenters. The maximum Gasteiger partial charge on any atom is 0.410 e. The minimum absolute atomic E-state index is 0.0105. The van der Waals surface area contributed by atoms with Gasteiger partial charge in [-0.1, -0.05) is 59.1 Å². The molecular weight excluding hydrogens is 482 g/mol. The molecule has 1 amide bonds. The van der Waals surface area contributed by atoms with E-state index >= 15 is 0 Å². The van der Waals surface area contributed by atoms with Crippen molar-refractivity contribution in [2.45, 2.75) is 117 Å². The molecule has 0 aromatic rings.